The monoisotopic (exact) mass is 257 g/mol. The standard InChI is InChI=1S/C14H11NO4/c16-7-9-2-4-13(19-9)11-6-14(18)15-12-5-8(17)1-3-10(11)12/h1-6,16-17H,7H2,(H,15,18). The molecule has 0 aliphatic heterocycles. The zero-order valence-electron chi connectivity index (χ0n) is 9.88. The molecule has 2 heterocycles. The Hall–Kier alpha value is -2.53. The second kappa shape index (κ2) is 4.29. The molecule has 0 aliphatic rings. The molecule has 5 heteroatoms. The predicted octanol–water partition coefficient (Wildman–Crippen LogP) is 1.99. The quantitative estimate of drug-likeness (QED) is 0.655. The van der Waals surface area contributed by atoms with Crippen LogP contribution in [0.3, 0.4) is 0 Å². The molecule has 0 unspecified atom stereocenters. The molecule has 0 atom stereocenters. The number of aromatic amines is 1. The number of hydrogen-bond donors (Lipinski definition) is 3. The van der Waals surface area contributed by atoms with Crippen molar-refractivity contribution >= 4 is 10.9 Å². The van der Waals surface area contributed by atoms with Crippen LogP contribution in [-0.2, 0) is 6.61 Å². The van der Waals surface area contributed by atoms with E-state index < -0.39 is 0 Å². The fourth-order valence-corrected chi connectivity index (χ4v) is 2.06. The summed E-state index contributed by atoms with van der Waals surface area (Å²) in [6, 6.07) is 9.52. The summed E-state index contributed by atoms with van der Waals surface area (Å²) >= 11 is 0. The molecule has 0 bridgehead atoms. The van der Waals surface area contributed by atoms with E-state index in [4.69, 9.17) is 9.52 Å². The van der Waals surface area contributed by atoms with Crippen molar-refractivity contribution in [2.45, 2.75) is 6.61 Å². The number of furan rings is 1. The molecule has 1 aromatic carbocycles. The van der Waals surface area contributed by atoms with Gasteiger partial charge in [-0.1, -0.05) is 0 Å². The maximum atomic E-state index is 11.6. The lowest BCUT2D eigenvalue weighted by Crippen LogP contribution is -2.04. The number of H-pyrrole nitrogens is 1. The fourth-order valence-electron chi connectivity index (χ4n) is 2.06. The zero-order chi connectivity index (χ0) is 13.4. The van der Waals surface area contributed by atoms with Crippen LogP contribution in [0.5, 0.6) is 5.75 Å². The van der Waals surface area contributed by atoms with E-state index >= 15 is 0 Å². The maximum absolute atomic E-state index is 11.6. The molecule has 2 aromatic heterocycles. The Morgan fingerprint density at radius 1 is 1.16 bits per heavy atom. The Morgan fingerprint density at radius 3 is 2.74 bits per heavy atom. The van der Waals surface area contributed by atoms with Gasteiger partial charge in [0.05, 0.1) is 5.52 Å². The summed E-state index contributed by atoms with van der Waals surface area (Å²) in [4.78, 5) is 14.3. The lowest BCUT2D eigenvalue weighted by atomic mass is 10.1. The molecule has 0 aliphatic carbocycles. The van der Waals surface area contributed by atoms with Gasteiger partial charge in [-0.05, 0) is 24.3 Å². The van der Waals surface area contributed by atoms with Crippen LogP contribution < -0.4 is 5.56 Å². The van der Waals surface area contributed by atoms with E-state index in [1.165, 1.54) is 12.1 Å². The third-order valence-electron chi connectivity index (χ3n) is 2.91. The molecule has 3 N–H and O–H groups in total. The van der Waals surface area contributed by atoms with Crippen molar-refractivity contribution in [3.05, 3.63) is 52.5 Å². The van der Waals surface area contributed by atoms with Crippen molar-refractivity contribution in [2.24, 2.45) is 0 Å². The molecule has 3 aromatic rings. The first-order valence-electron chi connectivity index (χ1n) is 5.73. The van der Waals surface area contributed by atoms with Gasteiger partial charge in [0.15, 0.2) is 0 Å². The Labute approximate surface area is 107 Å². The number of aliphatic hydroxyl groups is 1. The van der Waals surface area contributed by atoms with Crippen LogP contribution >= 0.6 is 0 Å². The Kier molecular flexibility index (Phi) is 2.61. The van der Waals surface area contributed by atoms with E-state index in [0.29, 0.717) is 22.6 Å². The number of aliphatic hydroxyl groups excluding tert-OH is 1. The minimum Gasteiger partial charge on any atom is -0.508 e. The highest BCUT2D eigenvalue weighted by molar-refractivity contribution is 5.93. The number of nitrogens with one attached hydrogen (secondary N) is 1. The summed E-state index contributed by atoms with van der Waals surface area (Å²) in [7, 11) is 0. The van der Waals surface area contributed by atoms with E-state index in [-0.39, 0.29) is 17.9 Å². The minimum absolute atomic E-state index is 0.0794. The van der Waals surface area contributed by atoms with Crippen LogP contribution in [0.15, 0.2) is 45.6 Å². The summed E-state index contributed by atoms with van der Waals surface area (Å²) < 4.78 is 5.45. The molecular formula is C14H11NO4. The smallest absolute Gasteiger partial charge is 0.249 e. The van der Waals surface area contributed by atoms with Crippen LogP contribution in [0.25, 0.3) is 22.2 Å². The first-order valence-corrected chi connectivity index (χ1v) is 5.73. The van der Waals surface area contributed by atoms with E-state index in [0.717, 1.165) is 5.39 Å². The van der Waals surface area contributed by atoms with Gasteiger partial charge in [-0.25, -0.2) is 0 Å². The lowest BCUT2D eigenvalue weighted by molar-refractivity contribution is 0.248. The number of benzene rings is 1. The topological polar surface area (TPSA) is 86.5 Å². The maximum Gasteiger partial charge on any atom is 0.249 e. The van der Waals surface area contributed by atoms with Crippen molar-refractivity contribution in [1.82, 2.24) is 4.98 Å². The van der Waals surface area contributed by atoms with Gasteiger partial charge in [0.25, 0.3) is 0 Å². The van der Waals surface area contributed by atoms with E-state index in [1.807, 2.05) is 0 Å². The second-order valence-electron chi connectivity index (χ2n) is 4.20. The van der Waals surface area contributed by atoms with Gasteiger partial charge in [-0.2, -0.15) is 0 Å². The molecule has 0 saturated carbocycles. The van der Waals surface area contributed by atoms with E-state index in [2.05, 4.69) is 4.98 Å². The first kappa shape index (κ1) is 11.6. The highest BCUT2D eigenvalue weighted by Gasteiger charge is 2.10. The van der Waals surface area contributed by atoms with E-state index in [1.54, 1.807) is 24.3 Å². The summed E-state index contributed by atoms with van der Waals surface area (Å²) in [5.41, 5.74) is 0.873. The predicted molar refractivity (Wildman–Crippen MR) is 69.9 cm³/mol. The number of phenols is 1. The van der Waals surface area contributed by atoms with Gasteiger partial charge in [-0.15, -0.1) is 0 Å². The van der Waals surface area contributed by atoms with Crippen molar-refractivity contribution < 1.29 is 14.6 Å². The van der Waals surface area contributed by atoms with Crippen LogP contribution in [0.2, 0.25) is 0 Å². The molecule has 19 heavy (non-hydrogen) atoms. The minimum atomic E-state index is -0.282. The number of phenolic OH excluding ortho intramolecular Hbond substituents is 1. The molecule has 96 valence electrons. The lowest BCUT2D eigenvalue weighted by Gasteiger charge is -2.04. The number of fused-ring (bicyclic) bond motifs is 1. The highest BCUT2D eigenvalue weighted by Crippen LogP contribution is 2.29. The van der Waals surface area contributed by atoms with Crippen LogP contribution in [0.4, 0.5) is 0 Å². The average Bonchev–Trinajstić information content (AvgIpc) is 2.85. The Morgan fingerprint density at radius 2 is 2.00 bits per heavy atom. The van der Waals surface area contributed by atoms with Gasteiger partial charge in [-0.3, -0.25) is 4.79 Å². The third-order valence-corrected chi connectivity index (χ3v) is 2.91. The molecule has 0 spiro atoms. The molecule has 0 radical (unpaired) electrons. The third kappa shape index (κ3) is 2.00. The fraction of sp³-hybridized carbons (Fsp3) is 0.0714. The van der Waals surface area contributed by atoms with Crippen molar-refractivity contribution in [2.75, 3.05) is 0 Å². The zero-order valence-corrected chi connectivity index (χ0v) is 9.88. The van der Waals surface area contributed by atoms with Crippen molar-refractivity contribution in [3.63, 3.8) is 0 Å². The summed E-state index contributed by atoms with van der Waals surface area (Å²) in [5, 5.41) is 19.2. The summed E-state index contributed by atoms with van der Waals surface area (Å²) in [6.45, 7) is -0.193. The molecule has 3 rings (SSSR count). The number of hydrogen-bond acceptors (Lipinski definition) is 4. The summed E-state index contributed by atoms with van der Waals surface area (Å²) in [5.74, 6) is 1.02. The van der Waals surface area contributed by atoms with Crippen LogP contribution in [0.1, 0.15) is 5.76 Å². The molecular weight excluding hydrogens is 246 g/mol. The molecule has 0 fully saturated rings. The van der Waals surface area contributed by atoms with Gasteiger partial charge in [0, 0.05) is 23.1 Å². The normalized spacial score (nSPS) is 11.0. The van der Waals surface area contributed by atoms with Crippen molar-refractivity contribution in [3.8, 4) is 17.1 Å². The Balaban J connectivity index is 2.30. The van der Waals surface area contributed by atoms with Gasteiger partial charge < -0.3 is 19.6 Å². The number of aromatic hydroxyl groups is 1. The van der Waals surface area contributed by atoms with Gasteiger partial charge >= 0.3 is 0 Å². The SMILES string of the molecule is O=c1cc(-c2ccc(CO)o2)c2ccc(O)cc2[nH]1. The number of rotatable bonds is 2. The highest BCUT2D eigenvalue weighted by atomic mass is 16.4. The number of aromatic nitrogens is 1. The van der Waals surface area contributed by atoms with Crippen LogP contribution in [-0.4, -0.2) is 15.2 Å². The first-order chi connectivity index (χ1) is 9.17. The van der Waals surface area contributed by atoms with E-state index in [9.17, 15) is 9.90 Å². The second-order valence-corrected chi connectivity index (χ2v) is 4.20. The largest absolute Gasteiger partial charge is 0.508 e. The summed E-state index contributed by atoms with van der Waals surface area (Å²) in [6.07, 6.45) is 0. The average molecular weight is 257 g/mol. The Bertz CT molecular complexity index is 801. The molecule has 0 amide bonds. The van der Waals surface area contributed by atoms with Gasteiger partial charge in [0.1, 0.15) is 23.9 Å². The van der Waals surface area contributed by atoms with Gasteiger partial charge in [0.2, 0.25) is 5.56 Å². The molecule has 0 saturated heterocycles. The van der Waals surface area contributed by atoms with Crippen LogP contribution in [0, 0.1) is 0 Å². The molecule has 5 nitrogen and oxygen atoms in total. The number of pyridine rings is 1. The van der Waals surface area contributed by atoms with Crippen molar-refractivity contribution in [1.29, 1.82) is 0 Å².